The number of carbonyl (C=O) groups excluding carboxylic acids is 2. The topological polar surface area (TPSA) is 70.5 Å². The number of thioether (sulfide) groups is 1. The highest BCUT2D eigenvalue weighted by molar-refractivity contribution is 7.98. The van der Waals surface area contributed by atoms with Crippen molar-refractivity contribution in [3.05, 3.63) is 22.4 Å². The van der Waals surface area contributed by atoms with Crippen molar-refractivity contribution in [3.8, 4) is 0 Å². The van der Waals surface area contributed by atoms with Crippen LogP contribution in [0.2, 0.25) is 0 Å². The van der Waals surface area contributed by atoms with Crippen molar-refractivity contribution in [2.75, 3.05) is 18.6 Å². The SMILES string of the molecule is C/C=C(/C=O)[C@@H](CC=O)CC(=[N-])[N-]CCCSC. The van der Waals surface area contributed by atoms with Gasteiger partial charge in [0, 0.05) is 6.42 Å². The number of hydrogen-bond donors (Lipinski definition) is 0. The fourth-order valence-corrected chi connectivity index (χ4v) is 1.97. The zero-order valence-corrected chi connectivity index (χ0v) is 11.8. The number of rotatable bonds is 10. The van der Waals surface area contributed by atoms with Gasteiger partial charge in [-0.05, 0) is 30.4 Å². The Labute approximate surface area is 113 Å². The number of hydrogen-bond acceptors (Lipinski definition) is 3. The van der Waals surface area contributed by atoms with Crippen LogP contribution in [0.3, 0.4) is 0 Å². The number of allylic oxidation sites excluding steroid dienone is 2. The van der Waals surface area contributed by atoms with Crippen molar-refractivity contribution < 1.29 is 9.59 Å². The maximum absolute atomic E-state index is 10.8. The fraction of sp³-hybridized carbons (Fsp3) is 0.615. The molecule has 0 amide bonds. The molecule has 0 heterocycles. The molecule has 0 saturated carbocycles. The minimum Gasteiger partial charge on any atom is -0.828 e. The van der Waals surface area contributed by atoms with Gasteiger partial charge in [-0.1, -0.05) is 18.9 Å². The van der Waals surface area contributed by atoms with E-state index < -0.39 is 0 Å². The summed E-state index contributed by atoms with van der Waals surface area (Å²) in [7, 11) is 0. The average molecular weight is 268 g/mol. The maximum atomic E-state index is 10.8. The summed E-state index contributed by atoms with van der Waals surface area (Å²) in [6.45, 7) is 2.32. The van der Waals surface area contributed by atoms with Gasteiger partial charge in [-0.2, -0.15) is 11.8 Å². The second-order valence-corrected chi connectivity index (χ2v) is 4.84. The largest absolute Gasteiger partial charge is 0.828 e. The van der Waals surface area contributed by atoms with E-state index in [0.29, 0.717) is 12.1 Å². The van der Waals surface area contributed by atoms with E-state index in [9.17, 15) is 15.0 Å². The third-order valence-corrected chi connectivity index (χ3v) is 3.25. The molecular weight excluding hydrogens is 248 g/mol. The van der Waals surface area contributed by atoms with Crippen LogP contribution in [0.4, 0.5) is 0 Å². The van der Waals surface area contributed by atoms with Gasteiger partial charge >= 0.3 is 0 Å². The number of amidine groups is 1. The molecule has 0 aliphatic heterocycles. The lowest BCUT2D eigenvalue weighted by Gasteiger charge is -2.33. The lowest BCUT2D eigenvalue weighted by Crippen LogP contribution is -2.12. The lowest BCUT2D eigenvalue weighted by atomic mass is 9.93. The molecule has 0 aromatic rings. The van der Waals surface area contributed by atoms with Crippen molar-refractivity contribution in [2.45, 2.75) is 26.2 Å². The Hall–Kier alpha value is -1.10. The van der Waals surface area contributed by atoms with Gasteiger partial charge in [-0.3, -0.25) is 4.79 Å². The van der Waals surface area contributed by atoms with E-state index in [-0.39, 0.29) is 24.6 Å². The Morgan fingerprint density at radius 3 is 2.67 bits per heavy atom. The molecule has 0 saturated heterocycles. The number of aldehydes is 2. The van der Waals surface area contributed by atoms with E-state index in [1.807, 2.05) is 6.26 Å². The molecule has 102 valence electrons. The predicted molar refractivity (Wildman–Crippen MR) is 78.2 cm³/mol. The Bertz CT molecular complexity index is 303. The van der Waals surface area contributed by atoms with Gasteiger partial charge in [0.2, 0.25) is 0 Å². The molecule has 5 heteroatoms. The minimum absolute atomic E-state index is 0.0177. The van der Waals surface area contributed by atoms with E-state index in [2.05, 4.69) is 5.32 Å². The molecule has 0 spiro atoms. The average Bonchev–Trinajstić information content (AvgIpc) is 2.36. The summed E-state index contributed by atoms with van der Waals surface area (Å²) in [6.07, 6.45) is 6.56. The van der Waals surface area contributed by atoms with E-state index in [4.69, 9.17) is 0 Å². The first-order chi connectivity index (χ1) is 8.69. The molecule has 0 aliphatic rings. The van der Waals surface area contributed by atoms with Crippen LogP contribution in [0.5, 0.6) is 0 Å². The molecule has 0 bridgehead atoms. The minimum atomic E-state index is -0.269. The molecule has 0 rings (SSSR count). The van der Waals surface area contributed by atoms with Crippen LogP contribution in [-0.4, -0.2) is 37.0 Å². The lowest BCUT2D eigenvalue weighted by molar-refractivity contribution is -0.108. The Kier molecular flexibility index (Phi) is 10.3. The van der Waals surface area contributed by atoms with Gasteiger partial charge in [-0.25, -0.2) is 0 Å². The first kappa shape index (κ1) is 16.9. The van der Waals surface area contributed by atoms with Crippen molar-refractivity contribution in [2.24, 2.45) is 5.92 Å². The van der Waals surface area contributed by atoms with Crippen molar-refractivity contribution in [1.82, 2.24) is 0 Å². The Morgan fingerprint density at radius 1 is 1.44 bits per heavy atom. The zero-order valence-electron chi connectivity index (χ0n) is 11.0. The van der Waals surface area contributed by atoms with Crippen molar-refractivity contribution in [3.63, 3.8) is 0 Å². The summed E-state index contributed by atoms with van der Waals surface area (Å²) in [4.78, 5) is 21.4. The van der Waals surface area contributed by atoms with Crippen LogP contribution >= 0.6 is 11.8 Å². The third-order valence-electron chi connectivity index (χ3n) is 2.55. The van der Waals surface area contributed by atoms with Crippen LogP contribution in [-0.2, 0) is 9.59 Å². The summed E-state index contributed by atoms with van der Waals surface area (Å²) < 4.78 is 0. The molecular formula is C13H20N2O2S-2. The molecule has 0 aromatic heterocycles. The predicted octanol–water partition coefficient (Wildman–Crippen LogP) is 2.82. The highest BCUT2D eigenvalue weighted by Crippen LogP contribution is 2.19. The second-order valence-electron chi connectivity index (χ2n) is 3.85. The normalized spacial score (nSPS) is 12.9. The maximum Gasteiger partial charge on any atom is 0.145 e. The van der Waals surface area contributed by atoms with E-state index in [1.165, 1.54) is 0 Å². The highest BCUT2D eigenvalue weighted by atomic mass is 32.2. The Morgan fingerprint density at radius 2 is 2.17 bits per heavy atom. The summed E-state index contributed by atoms with van der Waals surface area (Å²) in [5.74, 6) is 0.752. The van der Waals surface area contributed by atoms with Gasteiger partial charge in [0.25, 0.3) is 0 Å². The summed E-state index contributed by atoms with van der Waals surface area (Å²) >= 11 is 1.73. The van der Waals surface area contributed by atoms with Crippen LogP contribution < -0.4 is 0 Å². The molecule has 0 radical (unpaired) electrons. The van der Waals surface area contributed by atoms with Gasteiger partial charge in [0.15, 0.2) is 0 Å². The first-order valence-corrected chi connectivity index (χ1v) is 7.35. The van der Waals surface area contributed by atoms with Crippen LogP contribution in [0.25, 0.3) is 10.7 Å². The van der Waals surface area contributed by atoms with E-state index in [0.717, 1.165) is 24.7 Å². The van der Waals surface area contributed by atoms with Gasteiger partial charge < -0.3 is 21.4 Å². The second kappa shape index (κ2) is 11.0. The van der Waals surface area contributed by atoms with Gasteiger partial charge in [-0.15, -0.1) is 6.54 Å². The molecule has 4 nitrogen and oxygen atoms in total. The smallest absolute Gasteiger partial charge is 0.145 e. The summed E-state index contributed by atoms with van der Waals surface area (Å²) in [6, 6.07) is 0. The van der Waals surface area contributed by atoms with Gasteiger partial charge in [0.1, 0.15) is 12.6 Å². The first-order valence-electron chi connectivity index (χ1n) is 5.95. The van der Waals surface area contributed by atoms with Crippen LogP contribution in [0.15, 0.2) is 11.6 Å². The van der Waals surface area contributed by atoms with Crippen molar-refractivity contribution in [1.29, 1.82) is 0 Å². The third kappa shape index (κ3) is 7.27. The molecule has 18 heavy (non-hydrogen) atoms. The number of carbonyl (C=O) groups is 2. The monoisotopic (exact) mass is 268 g/mol. The van der Waals surface area contributed by atoms with Crippen LogP contribution in [0.1, 0.15) is 26.2 Å². The fourth-order valence-electron chi connectivity index (χ4n) is 1.56. The summed E-state index contributed by atoms with van der Waals surface area (Å²) in [5, 5.41) is 13.7. The zero-order chi connectivity index (χ0) is 13.8. The van der Waals surface area contributed by atoms with E-state index in [1.54, 1.807) is 24.8 Å². The van der Waals surface area contributed by atoms with E-state index >= 15 is 0 Å². The molecule has 0 N–H and O–H groups in total. The Balaban J connectivity index is 4.19. The molecule has 0 aromatic carbocycles. The molecule has 0 fully saturated rings. The molecule has 0 unspecified atom stereocenters. The standard InChI is InChI=1S/C13H20N2O2S/c1-3-11(10-17)12(5-7-16)9-13(14)15-6-4-8-18-2/h3,7,10,12H,4-6,8-9H2,1-2H3/q-2/b11-3-/t12-/m0/s1. The van der Waals surface area contributed by atoms with Crippen LogP contribution in [0, 0.1) is 5.92 Å². The number of nitrogens with zero attached hydrogens (tertiary/aromatic N) is 2. The summed E-state index contributed by atoms with van der Waals surface area (Å²) in [5.41, 5.74) is 0.535. The molecule has 0 aliphatic carbocycles. The van der Waals surface area contributed by atoms with Crippen molar-refractivity contribution >= 4 is 30.2 Å². The highest BCUT2D eigenvalue weighted by Gasteiger charge is 2.10. The quantitative estimate of drug-likeness (QED) is 0.201. The molecule has 1 atom stereocenters. The van der Waals surface area contributed by atoms with Gasteiger partial charge in [0.05, 0.1) is 0 Å².